The van der Waals surface area contributed by atoms with Crippen molar-refractivity contribution in [2.45, 2.75) is 37.1 Å². The van der Waals surface area contributed by atoms with Crippen LogP contribution in [0.1, 0.15) is 41.9 Å². The van der Waals surface area contributed by atoms with E-state index in [4.69, 9.17) is 9.84 Å². The maximum absolute atomic E-state index is 12.6. The van der Waals surface area contributed by atoms with Gasteiger partial charge < -0.3 is 15.2 Å². The van der Waals surface area contributed by atoms with Crippen LogP contribution in [0.2, 0.25) is 0 Å². The Morgan fingerprint density at radius 2 is 1.57 bits per heavy atom. The number of carboxylic acids is 1. The lowest BCUT2D eigenvalue weighted by Gasteiger charge is -2.16. The van der Waals surface area contributed by atoms with Gasteiger partial charge in [-0.1, -0.05) is 60.7 Å². The van der Waals surface area contributed by atoms with Gasteiger partial charge >= 0.3 is 12.1 Å². The lowest BCUT2D eigenvalue weighted by molar-refractivity contribution is -0.138. The fraction of sp³-hybridized carbons (Fsp3) is 0.250. The largest absolute Gasteiger partial charge is 0.481 e. The summed E-state index contributed by atoms with van der Waals surface area (Å²) in [6.45, 7) is 0.216. The zero-order valence-electron chi connectivity index (χ0n) is 19.1. The van der Waals surface area contributed by atoms with Crippen LogP contribution in [-0.2, 0) is 20.7 Å². The SMILES string of the molecule is O=C(O)CC1(NC(=O)Cc2cccc(NC(=O)OCC3c4ccccc4-c4ccccc43)c2)CC1. The second kappa shape index (κ2) is 9.25. The predicted octanol–water partition coefficient (Wildman–Crippen LogP) is 4.71. The molecule has 35 heavy (non-hydrogen) atoms. The first-order valence-electron chi connectivity index (χ1n) is 11.7. The van der Waals surface area contributed by atoms with E-state index < -0.39 is 17.6 Å². The van der Waals surface area contributed by atoms with Gasteiger partial charge in [-0.15, -0.1) is 0 Å². The number of carbonyl (C=O) groups is 3. The number of benzene rings is 3. The van der Waals surface area contributed by atoms with Gasteiger partial charge in [-0.25, -0.2) is 4.79 Å². The molecule has 3 aromatic carbocycles. The predicted molar refractivity (Wildman–Crippen MR) is 131 cm³/mol. The van der Waals surface area contributed by atoms with Crippen molar-refractivity contribution in [2.24, 2.45) is 0 Å². The van der Waals surface area contributed by atoms with Gasteiger partial charge in [0.25, 0.3) is 0 Å². The van der Waals surface area contributed by atoms with E-state index in [0.717, 1.165) is 11.1 Å². The van der Waals surface area contributed by atoms with Gasteiger partial charge in [-0.3, -0.25) is 14.9 Å². The third kappa shape index (κ3) is 5.04. The number of hydrogen-bond acceptors (Lipinski definition) is 4. The number of hydrogen-bond donors (Lipinski definition) is 3. The van der Waals surface area contributed by atoms with Crippen molar-refractivity contribution in [2.75, 3.05) is 11.9 Å². The summed E-state index contributed by atoms with van der Waals surface area (Å²) in [7, 11) is 0. The van der Waals surface area contributed by atoms with E-state index in [1.807, 2.05) is 24.3 Å². The number of nitrogens with one attached hydrogen (secondary N) is 2. The molecule has 7 heteroatoms. The quantitative estimate of drug-likeness (QED) is 0.442. The van der Waals surface area contributed by atoms with Gasteiger partial charge in [0.05, 0.1) is 18.4 Å². The number of fused-ring (bicyclic) bond motifs is 3. The Morgan fingerprint density at radius 1 is 0.914 bits per heavy atom. The molecule has 2 aliphatic carbocycles. The smallest absolute Gasteiger partial charge is 0.411 e. The maximum Gasteiger partial charge on any atom is 0.411 e. The van der Waals surface area contributed by atoms with E-state index in [2.05, 4.69) is 34.9 Å². The molecule has 3 N–H and O–H groups in total. The zero-order valence-corrected chi connectivity index (χ0v) is 19.1. The summed E-state index contributed by atoms with van der Waals surface area (Å²) >= 11 is 0. The van der Waals surface area contributed by atoms with Crippen molar-refractivity contribution in [1.82, 2.24) is 5.32 Å². The number of carboxylic acid groups (broad SMARTS) is 1. The van der Waals surface area contributed by atoms with Gasteiger partial charge in [-0.2, -0.15) is 0 Å². The zero-order chi connectivity index (χ0) is 24.4. The van der Waals surface area contributed by atoms with Crippen molar-refractivity contribution in [1.29, 1.82) is 0 Å². The Kier molecular flexibility index (Phi) is 5.99. The molecule has 0 bridgehead atoms. The van der Waals surface area contributed by atoms with E-state index >= 15 is 0 Å². The molecule has 0 heterocycles. The van der Waals surface area contributed by atoms with Crippen molar-refractivity contribution in [3.8, 4) is 11.1 Å². The summed E-state index contributed by atoms with van der Waals surface area (Å²) in [5.74, 6) is -1.18. The molecule has 1 saturated carbocycles. The molecular formula is C28H26N2O5. The Balaban J connectivity index is 1.18. The second-order valence-electron chi connectivity index (χ2n) is 9.23. The summed E-state index contributed by atoms with van der Waals surface area (Å²) in [5, 5.41) is 14.6. The molecule has 1 fully saturated rings. The second-order valence-corrected chi connectivity index (χ2v) is 9.23. The van der Waals surface area contributed by atoms with E-state index in [9.17, 15) is 14.4 Å². The Labute approximate surface area is 203 Å². The maximum atomic E-state index is 12.6. The summed E-state index contributed by atoms with van der Waals surface area (Å²) in [5.41, 5.74) is 5.25. The molecule has 2 amide bonds. The first-order valence-corrected chi connectivity index (χ1v) is 11.7. The molecule has 0 aliphatic heterocycles. The Bertz CT molecular complexity index is 1250. The molecule has 0 atom stereocenters. The van der Waals surface area contributed by atoms with Crippen LogP contribution in [0.25, 0.3) is 11.1 Å². The van der Waals surface area contributed by atoms with Crippen molar-refractivity contribution >= 4 is 23.7 Å². The van der Waals surface area contributed by atoms with Crippen LogP contribution in [0, 0.1) is 0 Å². The number of anilines is 1. The molecule has 2 aliphatic rings. The summed E-state index contributed by atoms with van der Waals surface area (Å²) in [6, 6.07) is 23.3. The average Bonchev–Trinajstić information content (AvgIpc) is 3.49. The normalized spacial score (nSPS) is 15.0. The van der Waals surface area contributed by atoms with Gasteiger partial charge in [0.2, 0.25) is 5.91 Å². The van der Waals surface area contributed by atoms with Crippen LogP contribution in [0.15, 0.2) is 72.8 Å². The third-order valence-corrected chi connectivity index (χ3v) is 6.63. The van der Waals surface area contributed by atoms with E-state index in [0.29, 0.717) is 24.1 Å². The summed E-state index contributed by atoms with van der Waals surface area (Å²) in [4.78, 5) is 36.0. The van der Waals surface area contributed by atoms with E-state index in [1.54, 1.807) is 24.3 Å². The van der Waals surface area contributed by atoms with Crippen LogP contribution in [0.4, 0.5) is 10.5 Å². The first-order chi connectivity index (χ1) is 16.9. The number of aliphatic carboxylic acids is 1. The minimum absolute atomic E-state index is 0.0243. The highest BCUT2D eigenvalue weighted by atomic mass is 16.5. The highest BCUT2D eigenvalue weighted by molar-refractivity contribution is 5.86. The minimum Gasteiger partial charge on any atom is -0.481 e. The topological polar surface area (TPSA) is 105 Å². The average molecular weight is 471 g/mol. The summed E-state index contributed by atoms with van der Waals surface area (Å²) in [6.07, 6.45) is 0.818. The lowest BCUT2D eigenvalue weighted by atomic mass is 9.98. The lowest BCUT2D eigenvalue weighted by Crippen LogP contribution is -2.39. The number of amides is 2. The molecular weight excluding hydrogens is 444 g/mol. The Morgan fingerprint density at radius 3 is 2.20 bits per heavy atom. The van der Waals surface area contributed by atoms with Crippen LogP contribution >= 0.6 is 0 Å². The molecule has 0 unspecified atom stereocenters. The Hall–Kier alpha value is -4.13. The molecule has 0 radical (unpaired) electrons. The van der Waals surface area contributed by atoms with Gasteiger partial charge in [0, 0.05) is 11.6 Å². The molecule has 178 valence electrons. The number of ether oxygens (including phenoxy) is 1. The monoisotopic (exact) mass is 470 g/mol. The van der Waals surface area contributed by atoms with Crippen LogP contribution in [0.3, 0.4) is 0 Å². The number of carbonyl (C=O) groups excluding carboxylic acids is 2. The van der Waals surface area contributed by atoms with Crippen LogP contribution in [-0.4, -0.2) is 35.2 Å². The fourth-order valence-electron chi connectivity index (χ4n) is 4.82. The van der Waals surface area contributed by atoms with Crippen molar-refractivity contribution < 1.29 is 24.2 Å². The fourth-order valence-corrected chi connectivity index (χ4v) is 4.82. The van der Waals surface area contributed by atoms with E-state index in [1.165, 1.54) is 11.1 Å². The van der Waals surface area contributed by atoms with Gasteiger partial charge in [0.15, 0.2) is 0 Å². The van der Waals surface area contributed by atoms with Crippen molar-refractivity contribution in [3.63, 3.8) is 0 Å². The molecule has 5 rings (SSSR count). The highest BCUT2D eigenvalue weighted by Crippen LogP contribution is 2.44. The van der Waals surface area contributed by atoms with Gasteiger partial charge in [0.1, 0.15) is 6.61 Å². The molecule has 0 saturated heterocycles. The van der Waals surface area contributed by atoms with Crippen LogP contribution in [0.5, 0.6) is 0 Å². The standard InChI is InChI=1S/C28H26N2O5/c31-25(30-28(12-13-28)16-26(32)33)15-18-6-5-7-19(14-18)29-27(34)35-17-24-22-10-3-1-8-20(22)21-9-2-4-11-23(21)24/h1-11,14,24H,12-13,15-17H2,(H,29,34)(H,30,31)(H,32,33). The molecule has 0 spiro atoms. The first kappa shape index (κ1) is 22.7. The molecule has 7 nitrogen and oxygen atoms in total. The van der Waals surface area contributed by atoms with Gasteiger partial charge in [-0.05, 0) is 52.8 Å². The van der Waals surface area contributed by atoms with Crippen LogP contribution < -0.4 is 10.6 Å². The summed E-state index contributed by atoms with van der Waals surface area (Å²) < 4.78 is 5.59. The molecule has 0 aromatic heterocycles. The number of rotatable bonds is 8. The third-order valence-electron chi connectivity index (χ3n) is 6.63. The minimum atomic E-state index is -0.919. The highest BCUT2D eigenvalue weighted by Gasteiger charge is 2.45. The van der Waals surface area contributed by atoms with Crippen molar-refractivity contribution in [3.05, 3.63) is 89.5 Å². The van der Waals surface area contributed by atoms with E-state index in [-0.39, 0.29) is 31.3 Å². The molecule has 3 aromatic rings.